The molecule has 0 radical (unpaired) electrons. The van der Waals surface area contributed by atoms with Crippen molar-refractivity contribution in [3.8, 4) is 0 Å². The number of rotatable bonds is 3. The van der Waals surface area contributed by atoms with E-state index in [0.717, 1.165) is 24.5 Å². The summed E-state index contributed by atoms with van der Waals surface area (Å²) in [4.78, 5) is 3.17. The quantitative estimate of drug-likeness (QED) is 0.605. The topological polar surface area (TPSA) is 3.24 Å². The molecule has 0 amide bonds. The zero-order valence-electron chi connectivity index (χ0n) is 6.68. The number of nitrogens with zero attached hydrogens (tertiary/aromatic N) is 1. The molecule has 0 aromatic rings. The Kier molecular flexibility index (Phi) is 3.77. The number of hydrogen-bond acceptors (Lipinski definition) is 1. The zero-order chi connectivity index (χ0) is 8.10. The van der Waals surface area contributed by atoms with Crippen molar-refractivity contribution < 1.29 is 4.39 Å². The lowest BCUT2D eigenvalue weighted by atomic mass is 10.1. The number of thiocarbonyl (C=S) groups is 1. The van der Waals surface area contributed by atoms with E-state index in [-0.39, 0.29) is 6.67 Å². The van der Waals surface area contributed by atoms with E-state index in [0.29, 0.717) is 6.42 Å². The maximum Gasteiger partial charge on any atom is 0.0911 e. The van der Waals surface area contributed by atoms with Crippen LogP contribution in [0.5, 0.6) is 0 Å². The third kappa shape index (κ3) is 2.73. The van der Waals surface area contributed by atoms with Crippen LogP contribution < -0.4 is 0 Å². The Morgan fingerprint density at radius 1 is 1.45 bits per heavy atom. The SMILES string of the molecule is FCCCN1CCCCC1=S. The molecule has 1 saturated heterocycles. The monoisotopic (exact) mass is 175 g/mol. The van der Waals surface area contributed by atoms with Gasteiger partial charge in [-0.05, 0) is 25.7 Å². The molecule has 1 aliphatic rings. The highest BCUT2D eigenvalue weighted by Gasteiger charge is 2.13. The summed E-state index contributed by atoms with van der Waals surface area (Å²) in [7, 11) is 0. The summed E-state index contributed by atoms with van der Waals surface area (Å²) in [6.07, 6.45) is 4.08. The minimum absolute atomic E-state index is 0.223. The molecule has 3 heteroatoms. The van der Waals surface area contributed by atoms with E-state index in [9.17, 15) is 4.39 Å². The fraction of sp³-hybridized carbons (Fsp3) is 0.875. The van der Waals surface area contributed by atoms with Crippen LogP contribution in [0.25, 0.3) is 0 Å². The maximum absolute atomic E-state index is 11.8. The summed E-state index contributed by atoms with van der Waals surface area (Å²) in [6, 6.07) is 0. The van der Waals surface area contributed by atoms with Gasteiger partial charge in [0.05, 0.1) is 11.7 Å². The lowest BCUT2D eigenvalue weighted by Crippen LogP contribution is -2.34. The first-order valence-corrected chi connectivity index (χ1v) is 4.59. The summed E-state index contributed by atoms with van der Waals surface area (Å²) in [5.74, 6) is 0. The lowest BCUT2D eigenvalue weighted by molar-refractivity contribution is 0.346. The molecule has 0 N–H and O–H groups in total. The molecule has 0 aromatic heterocycles. The Hall–Kier alpha value is -0.180. The third-order valence-corrected chi connectivity index (χ3v) is 2.45. The normalized spacial score (nSPS) is 19.0. The van der Waals surface area contributed by atoms with Crippen molar-refractivity contribution in [1.82, 2.24) is 4.90 Å². The molecular weight excluding hydrogens is 161 g/mol. The number of alkyl halides is 1. The van der Waals surface area contributed by atoms with E-state index in [1.54, 1.807) is 0 Å². The van der Waals surface area contributed by atoms with Gasteiger partial charge in [-0.2, -0.15) is 0 Å². The van der Waals surface area contributed by atoms with Gasteiger partial charge in [-0.3, -0.25) is 4.39 Å². The minimum atomic E-state index is -0.223. The predicted molar refractivity (Wildman–Crippen MR) is 48.6 cm³/mol. The fourth-order valence-electron chi connectivity index (χ4n) is 1.35. The van der Waals surface area contributed by atoms with E-state index in [4.69, 9.17) is 12.2 Å². The van der Waals surface area contributed by atoms with Crippen LogP contribution in [0, 0.1) is 0 Å². The number of halogens is 1. The second kappa shape index (κ2) is 4.65. The van der Waals surface area contributed by atoms with Crippen LogP contribution in [0.3, 0.4) is 0 Å². The summed E-state index contributed by atoms with van der Waals surface area (Å²) in [6.45, 7) is 1.63. The Labute approximate surface area is 72.6 Å². The number of hydrogen-bond donors (Lipinski definition) is 0. The van der Waals surface area contributed by atoms with Gasteiger partial charge < -0.3 is 4.90 Å². The van der Waals surface area contributed by atoms with Gasteiger partial charge in [-0.25, -0.2) is 0 Å². The van der Waals surface area contributed by atoms with Gasteiger partial charge in [0, 0.05) is 13.1 Å². The molecule has 0 atom stereocenters. The molecule has 0 spiro atoms. The van der Waals surface area contributed by atoms with Crippen LogP contribution >= 0.6 is 12.2 Å². The highest BCUT2D eigenvalue weighted by molar-refractivity contribution is 7.80. The molecule has 64 valence electrons. The standard InChI is InChI=1S/C8H14FNS/c9-5-3-7-10-6-2-1-4-8(10)11/h1-7H2. The lowest BCUT2D eigenvalue weighted by Gasteiger charge is -2.28. The molecule has 1 aliphatic heterocycles. The van der Waals surface area contributed by atoms with Crippen molar-refractivity contribution in [2.24, 2.45) is 0 Å². The van der Waals surface area contributed by atoms with Crippen molar-refractivity contribution in [2.75, 3.05) is 19.8 Å². The van der Waals surface area contributed by atoms with Crippen molar-refractivity contribution in [2.45, 2.75) is 25.7 Å². The van der Waals surface area contributed by atoms with E-state index in [1.807, 2.05) is 0 Å². The molecule has 1 fully saturated rings. The van der Waals surface area contributed by atoms with Crippen LogP contribution in [0.2, 0.25) is 0 Å². The molecule has 0 saturated carbocycles. The van der Waals surface area contributed by atoms with Gasteiger partial charge in [-0.1, -0.05) is 12.2 Å². The summed E-state index contributed by atoms with van der Waals surface area (Å²) in [5, 5.41) is 0. The summed E-state index contributed by atoms with van der Waals surface area (Å²) in [5.41, 5.74) is 0. The van der Waals surface area contributed by atoms with E-state index >= 15 is 0 Å². The van der Waals surface area contributed by atoms with E-state index in [1.165, 1.54) is 12.8 Å². The van der Waals surface area contributed by atoms with Crippen LogP contribution in [0.4, 0.5) is 4.39 Å². The van der Waals surface area contributed by atoms with Crippen LogP contribution in [0.15, 0.2) is 0 Å². The average Bonchev–Trinajstić information content (AvgIpc) is 2.03. The van der Waals surface area contributed by atoms with Crippen molar-refractivity contribution >= 4 is 17.2 Å². The second-order valence-electron chi connectivity index (χ2n) is 2.88. The third-order valence-electron chi connectivity index (χ3n) is 1.98. The first-order valence-electron chi connectivity index (χ1n) is 4.18. The number of piperidine rings is 1. The first kappa shape index (κ1) is 8.91. The van der Waals surface area contributed by atoms with Crippen LogP contribution in [-0.2, 0) is 0 Å². The Bertz CT molecular complexity index is 138. The maximum atomic E-state index is 11.8. The van der Waals surface area contributed by atoms with Gasteiger partial charge in [-0.15, -0.1) is 0 Å². The Balaban J connectivity index is 2.24. The molecule has 1 rings (SSSR count). The molecule has 0 aliphatic carbocycles. The zero-order valence-corrected chi connectivity index (χ0v) is 7.50. The largest absolute Gasteiger partial charge is 0.366 e. The van der Waals surface area contributed by atoms with Crippen LogP contribution in [-0.4, -0.2) is 29.7 Å². The highest BCUT2D eigenvalue weighted by Crippen LogP contribution is 2.12. The fourth-order valence-corrected chi connectivity index (χ4v) is 1.68. The second-order valence-corrected chi connectivity index (χ2v) is 3.35. The first-order chi connectivity index (χ1) is 5.34. The summed E-state index contributed by atoms with van der Waals surface area (Å²) < 4.78 is 11.8. The van der Waals surface area contributed by atoms with Crippen molar-refractivity contribution in [1.29, 1.82) is 0 Å². The van der Waals surface area contributed by atoms with Gasteiger partial charge in [0.1, 0.15) is 0 Å². The molecule has 1 heterocycles. The highest BCUT2D eigenvalue weighted by atomic mass is 32.1. The Morgan fingerprint density at radius 3 is 2.91 bits per heavy atom. The van der Waals surface area contributed by atoms with Gasteiger partial charge in [0.2, 0.25) is 0 Å². The molecule has 1 nitrogen and oxygen atoms in total. The van der Waals surface area contributed by atoms with Gasteiger partial charge in [0.15, 0.2) is 0 Å². The smallest absolute Gasteiger partial charge is 0.0911 e. The van der Waals surface area contributed by atoms with E-state index in [2.05, 4.69) is 4.90 Å². The molecule has 0 bridgehead atoms. The van der Waals surface area contributed by atoms with E-state index < -0.39 is 0 Å². The molecule has 0 aromatic carbocycles. The molecule has 0 unspecified atom stereocenters. The Morgan fingerprint density at radius 2 is 2.27 bits per heavy atom. The van der Waals surface area contributed by atoms with Crippen molar-refractivity contribution in [3.63, 3.8) is 0 Å². The van der Waals surface area contributed by atoms with Crippen LogP contribution in [0.1, 0.15) is 25.7 Å². The van der Waals surface area contributed by atoms with Crippen molar-refractivity contribution in [3.05, 3.63) is 0 Å². The predicted octanol–water partition coefficient (Wildman–Crippen LogP) is 2.16. The molecule has 11 heavy (non-hydrogen) atoms. The average molecular weight is 175 g/mol. The van der Waals surface area contributed by atoms with Gasteiger partial charge >= 0.3 is 0 Å². The molecular formula is C8H14FNS. The minimum Gasteiger partial charge on any atom is -0.366 e. The van der Waals surface area contributed by atoms with Gasteiger partial charge in [0.25, 0.3) is 0 Å². The number of likely N-dealkylation sites (tertiary alicyclic amines) is 1. The summed E-state index contributed by atoms with van der Waals surface area (Å²) >= 11 is 5.14.